The van der Waals surface area contributed by atoms with Gasteiger partial charge in [-0.2, -0.15) is 0 Å². The molecule has 1 amide bonds. The van der Waals surface area contributed by atoms with E-state index < -0.39 is 10.0 Å². The van der Waals surface area contributed by atoms with Crippen molar-refractivity contribution in [1.82, 2.24) is 5.32 Å². The summed E-state index contributed by atoms with van der Waals surface area (Å²) in [7, 11) is -3.27. The van der Waals surface area contributed by atoms with Crippen LogP contribution in [0.2, 0.25) is 0 Å². The first kappa shape index (κ1) is 18.0. The van der Waals surface area contributed by atoms with Crippen LogP contribution in [0.25, 0.3) is 0 Å². The number of benzene rings is 1. The van der Waals surface area contributed by atoms with E-state index in [1.54, 1.807) is 12.1 Å². The summed E-state index contributed by atoms with van der Waals surface area (Å²) in [5, 5.41) is 2.98. The molecule has 1 aromatic rings. The second-order valence-electron chi connectivity index (χ2n) is 6.90. The lowest BCUT2D eigenvalue weighted by Gasteiger charge is -2.29. The number of hydrogen-bond acceptors (Lipinski definition) is 3. The summed E-state index contributed by atoms with van der Waals surface area (Å²) in [5.74, 6) is -0.0873. The number of aryl methyl sites for hydroxylation is 1. The van der Waals surface area contributed by atoms with Crippen molar-refractivity contribution in [3.8, 4) is 0 Å². The average Bonchev–Trinajstić information content (AvgIpc) is 2.60. The Morgan fingerprint density at radius 1 is 1.20 bits per heavy atom. The van der Waals surface area contributed by atoms with Gasteiger partial charge in [-0.05, 0) is 68.7 Å². The molecule has 1 heterocycles. The fourth-order valence-corrected chi connectivity index (χ4v) is 4.61. The number of amides is 1. The second kappa shape index (κ2) is 7.60. The molecule has 0 aromatic heterocycles. The van der Waals surface area contributed by atoms with Crippen molar-refractivity contribution in [2.45, 2.75) is 44.9 Å². The Morgan fingerprint density at radius 3 is 2.76 bits per heavy atom. The quantitative estimate of drug-likeness (QED) is 0.819. The van der Waals surface area contributed by atoms with E-state index in [1.807, 2.05) is 6.07 Å². The van der Waals surface area contributed by atoms with Gasteiger partial charge in [0.05, 0.1) is 11.9 Å². The molecular weight excluding hydrogens is 336 g/mol. The number of carbonyl (C=O) groups excluding carboxylic acids is 1. The van der Waals surface area contributed by atoms with Gasteiger partial charge in [0.1, 0.15) is 0 Å². The number of fused-ring (bicyclic) bond motifs is 1. The zero-order valence-electron chi connectivity index (χ0n) is 14.8. The molecule has 1 aliphatic heterocycles. The molecule has 0 saturated carbocycles. The molecule has 0 fully saturated rings. The largest absolute Gasteiger partial charge is 0.352 e. The van der Waals surface area contributed by atoms with E-state index in [2.05, 4.69) is 11.4 Å². The minimum Gasteiger partial charge on any atom is -0.352 e. The normalized spacial score (nSPS) is 17.6. The third-order valence-corrected chi connectivity index (χ3v) is 6.11. The number of anilines is 1. The van der Waals surface area contributed by atoms with E-state index in [0.29, 0.717) is 24.3 Å². The number of carbonyl (C=O) groups is 1. The highest BCUT2D eigenvalue weighted by Gasteiger charge is 2.24. The van der Waals surface area contributed by atoms with Crippen LogP contribution in [0.3, 0.4) is 0 Å². The molecule has 1 aromatic carbocycles. The summed E-state index contributed by atoms with van der Waals surface area (Å²) in [5.41, 5.74) is 3.68. The van der Waals surface area contributed by atoms with Crippen molar-refractivity contribution in [3.63, 3.8) is 0 Å². The van der Waals surface area contributed by atoms with Crippen LogP contribution in [0, 0.1) is 0 Å². The Bertz CT molecular complexity index is 784. The Hall–Kier alpha value is -1.82. The minimum absolute atomic E-state index is 0.0873. The smallest absolute Gasteiger partial charge is 0.251 e. The molecule has 0 bridgehead atoms. The first-order valence-corrected chi connectivity index (χ1v) is 10.9. The number of hydrogen-bond donors (Lipinski definition) is 1. The van der Waals surface area contributed by atoms with Gasteiger partial charge in [-0.3, -0.25) is 9.10 Å². The summed E-state index contributed by atoms with van der Waals surface area (Å²) >= 11 is 0. The molecule has 0 unspecified atom stereocenters. The lowest BCUT2D eigenvalue weighted by Crippen LogP contribution is -2.34. The molecule has 0 spiro atoms. The van der Waals surface area contributed by atoms with Crippen molar-refractivity contribution >= 4 is 21.6 Å². The Kier molecular flexibility index (Phi) is 5.47. The Morgan fingerprint density at radius 2 is 2.04 bits per heavy atom. The number of nitrogens with zero attached hydrogens (tertiary/aromatic N) is 1. The average molecular weight is 362 g/mol. The topological polar surface area (TPSA) is 66.5 Å². The number of sulfonamides is 1. The number of allylic oxidation sites excluding steroid dienone is 1. The highest BCUT2D eigenvalue weighted by atomic mass is 32.2. The van der Waals surface area contributed by atoms with Crippen molar-refractivity contribution < 1.29 is 13.2 Å². The van der Waals surface area contributed by atoms with Gasteiger partial charge in [0.25, 0.3) is 5.91 Å². The van der Waals surface area contributed by atoms with E-state index in [0.717, 1.165) is 37.7 Å². The summed E-state index contributed by atoms with van der Waals surface area (Å²) in [4.78, 5) is 12.4. The third-order valence-electron chi connectivity index (χ3n) is 4.93. The molecular formula is C19H26N2O3S. The van der Waals surface area contributed by atoms with E-state index in [4.69, 9.17) is 0 Å². The maximum absolute atomic E-state index is 12.4. The minimum atomic E-state index is -3.27. The predicted octanol–water partition coefficient (Wildman–Crippen LogP) is 3.02. The molecule has 25 heavy (non-hydrogen) atoms. The van der Waals surface area contributed by atoms with Gasteiger partial charge in [-0.25, -0.2) is 8.42 Å². The van der Waals surface area contributed by atoms with Gasteiger partial charge in [0.15, 0.2) is 0 Å². The van der Waals surface area contributed by atoms with Gasteiger partial charge >= 0.3 is 0 Å². The van der Waals surface area contributed by atoms with Crippen LogP contribution < -0.4 is 9.62 Å². The number of rotatable bonds is 5. The van der Waals surface area contributed by atoms with E-state index in [-0.39, 0.29) is 5.91 Å². The van der Waals surface area contributed by atoms with Crippen LogP contribution in [-0.4, -0.2) is 33.7 Å². The van der Waals surface area contributed by atoms with Crippen LogP contribution in [0.15, 0.2) is 29.8 Å². The molecule has 136 valence electrons. The molecule has 0 radical (unpaired) electrons. The van der Waals surface area contributed by atoms with Crippen molar-refractivity contribution in [2.75, 3.05) is 23.7 Å². The van der Waals surface area contributed by atoms with Gasteiger partial charge in [0, 0.05) is 18.7 Å². The van der Waals surface area contributed by atoms with E-state index >= 15 is 0 Å². The number of nitrogens with one attached hydrogen (secondary N) is 1. The highest BCUT2D eigenvalue weighted by Crippen LogP contribution is 2.29. The van der Waals surface area contributed by atoms with Gasteiger partial charge in [0.2, 0.25) is 10.0 Å². The molecule has 5 nitrogen and oxygen atoms in total. The molecule has 0 atom stereocenters. The molecule has 6 heteroatoms. The third kappa shape index (κ3) is 4.42. The Balaban J connectivity index is 1.65. The van der Waals surface area contributed by atoms with Crippen LogP contribution in [-0.2, 0) is 16.4 Å². The maximum atomic E-state index is 12.4. The lowest BCUT2D eigenvalue weighted by molar-refractivity contribution is 0.0954. The molecule has 3 rings (SSSR count). The van der Waals surface area contributed by atoms with Crippen molar-refractivity contribution in [2.24, 2.45) is 0 Å². The standard InChI is InChI=1S/C19H26N2O3S/c1-25(23,24)21-13-5-8-16-14-17(9-10-18(16)21)19(22)20-12-11-15-6-3-2-4-7-15/h6,9-10,14H,2-5,7-8,11-13H2,1H3,(H,20,22). The summed E-state index contributed by atoms with van der Waals surface area (Å²) in [6, 6.07) is 5.31. The van der Waals surface area contributed by atoms with Crippen LogP contribution >= 0.6 is 0 Å². The SMILES string of the molecule is CS(=O)(=O)N1CCCc2cc(C(=O)NCCC3=CCCCC3)ccc21. The summed E-state index contributed by atoms with van der Waals surface area (Å²) in [6.45, 7) is 1.16. The first-order valence-electron chi connectivity index (χ1n) is 9.02. The van der Waals surface area contributed by atoms with Gasteiger partial charge < -0.3 is 5.32 Å². The summed E-state index contributed by atoms with van der Waals surface area (Å²) < 4.78 is 25.2. The van der Waals surface area contributed by atoms with E-state index in [9.17, 15) is 13.2 Å². The van der Waals surface area contributed by atoms with Gasteiger partial charge in [-0.15, -0.1) is 0 Å². The van der Waals surface area contributed by atoms with Crippen LogP contribution in [0.1, 0.15) is 54.4 Å². The zero-order chi connectivity index (χ0) is 17.9. The van der Waals surface area contributed by atoms with E-state index in [1.165, 1.54) is 29.0 Å². The molecule has 0 saturated heterocycles. The lowest BCUT2D eigenvalue weighted by atomic mass is 9.97. The first-order chi connectivity index (χ1) is 11.9. The van der Waals surface area contributed by atoms with Crippen molar-refractivity contribution in [1.29, 1.82) is 0 Å². The fourth-order valence-electron chi connectivity index (χ4n) is 3.62. The highest BCUT2D eigenvalue weighted by molar-refractivity contribution is 7.92. The zero-order valence-corrected chi connectivity index (χ0v) is 15.6. The van der Waals surface area contributed by atoms with Gasteiger partial charge in [-0.1, -0.05) is 11.6 Å². The van der Waals surface area contributed by atoms with Crippen LogP contribution in [0.4, 0.5) is 5.69 Å². The summed E-state index contributed by atoms with van der Waals surface area (Å²) in [6.07, 6.45) is 10.8. The van der Waals surface area contributed by atoms with Crippen molar-refractivity contribution in [3.05, 3.63) is 41.0 Å². The maximum Gasteiger partial charge on any atom is 0.251 e. The Labute approximate surface area is 150 Å². The predicted molar refractivity (Wildman–Crippen MR) is 100 cm³/mol. The monoisotopic (exact) mass is 362 g/mol. The second-order valence-corrected chi connectivity index (χ2v) is 8.80. The fraction of sp³-hybridized carbons (Fsp3) is 0.526. The molecule has 1 N–H and O–H groups in total. The van der Waals surface area contributed by atoms with Crippen LogP contribution in [0.5, 0.6) is 0 Å². The molecule has 2 aliphatic rings. The molecule has 1 aliphatic carbocycles.